The Labute approximate surface area is 127 Å². The van der Waals surface area contributed by atoms with Crippen LogP contribution in [0.2, 0.25) is 0 Å². The Balaban J connectivity index is 1.73. The minimum Gasteiger partial charge on any atom is -0.481 e. The topological polar surface area (TPSA) is 49.8 Å². The highest BCUT2D eigenvalue weighted by atomic mass is 16.5. The third kappa shape index (κ3) is 2.98. The van der Waals surface area contributed by atoms with E-state index >= 15 is 0 Å². The van der Waals surface area contributed by atoms with Gasteiger partial charge < -0.3 is 9.84 Å². The Morgan fingerprint density at radius 3 is 2.48 bits per heavy atom. The van der Waals surface area contributed by atoms with Gasteiger partial charge in [-0.1, -0.05) is 19.3 Å². The van der Waals surface area contributed by atoms with Crippen LogP contribution in [0.3, 0.4) is 0 Å². The summed E-state index contributed by atoms with van der Waals surface area (Å²) in [5.41, 5.74) is 0.0211. The predicted octanol–water partition coefficient (Wildman–Crippen LogP) is 3.20. The van der Waals surface area contributed by atoms with Crippen LogP contribution in [0.25, 0.3) is 0 Å². The molecule has 3 rings (SSSR count). The highest BCUT2D eigenvalue weighted by Gasteiger charge is 2.47. The summed E-state index contributed by atoms with van der Waals surface area (Å²) in [6.07, 6.45) is 11.8. The molecule has 3 fully saturated rings. The molecule has 0 aromatic rings. The molecule has 0 amide bonds. The average molecular weight is 295 g/mol. The standard InChI is InChI=1S/C17H29NO3/c1-18(14-6-11-21-17(12-14)9-5-10-17)16(13-15(19)20)7-3-2-4-8-16/h14H,2-13H2,1H3,(H,19,20). The number of carbonyl (C=O) groups is 1. The third-order valence-electron chi connectivity index (χ3n) is 6.29. The molecule has 1 aliphatic heterocycles. The van der Waals surface area contributed by atoms with Crippen LogP contribution < -0.4 is 0 Å². The van der Waals surface area contributed by atoms with E-state index in [1.54, 1.807) is 0 Å². The molecule has 1 heterocycles. The fraction of sp³-hybridized carbons (Fsp3) is 0.941. The second-order valence-corrected chi connectivity index (χ2v) is 7.50. The maximum atomic E-state index is 11.4. The molecular weight excluding hydrogens is 266 g/mol. The quantitative estimate of drug-likeness (QED) is 0.865. The van der Waals surface area contributed by atoms with Crippen molar-refractivity contribution in [3.05, 3.63) is 0 Å². The zero-order valence-electron chi connectivity index (χ0n) is 13.3. The van der Waals surface area contributed by atoms with Gasteiger partial charge in [0.2, 0.25) is 0 Å². The van der Waals surface area contributed by atoms with Gasteiger partial charge >= 0.3 is 5.97 Å². The molecule has 2 saturated carbocycles. The molecule has 0 aromatic heterocycles. The first kappa shape index (κ1) is 15.3. The molecule has 1 N–H and O–H groups in total. The minimum absolute atomic E-state index is 0.114. The van der Waals surface area contributed by atoms with Gasteiger partial charge in [-0.2, -0.15) is 0 Å². The Bertz CT molecular complexity index is 385. The normalized spacial score (nSPS) is 31.0. The van der Waals surface area contributed by atoms with Gasteiger partial charge in [0.05, 0.1) is 12.0 Å². The van der Waals surface area contributed by atoms with Crippen molar-refractivity contribution in [2.24, 2.45) is 0 Å². The molecule has 1 saturated heterocycles. The number of nitrogens with zero attached hydrogens (tertiary/aromatic N) is 1. The van der Waals surface area contributed by atoms with Crippen LogP contribution in [0, 0.1) is 0 Å². The van der Waals surface area contributed by atoms with Crippen LogP contribution in [0.4, 0.5) is 0 Å². The molecule has 0 bridgehead atoms. The largest absolute Gasteiger partial charge is 0.481 e. The van der Waals surface area contributed by atoms with Gasteiger partial charge in [0.1, 0.15) is 0 Å². The molecule has 4 heteroatoms. The SMILES string of the molecule is CN(C1CCOC2(CCC2)C1)C1(CC(=O)O)CCCCC1. The van der Waals surface area contributed by atoms with E-state index in [-0.39, 0.29) is 11.1 Å². The number of carboxylic acid groups (broad SMARTS) is 1. The van der Waals surface area contributed by atoms with E-state index < -0.39 is 5.97 Å². The molecule has 1 atom stereocenters. The predicted molar refractivity (Wildman–Crippen MR) is 81.4 cm³/mol. The summed E-state index contributed by atoms with van der Waals surface area (Å²) in [6.45, 7) is 0.845. The van der Waals surface area contributed by atoms with Crippen LogP contribution >= 0.6 is 0 Å². The van der Waals surface area contributed by atoms with E-state index in [4.69, 9.17) is 4.74 Å². The third-order valence-corrected chi connectivity index (χ3v) is 6.29. The summed E-state index contributed by atoms with van der Waals surface area (Å²) in [5.74, 6) is -0.644. The first-order valence-corrected chi connectivity index (χ1v) is 8.64. The summed E-state index contributed by atoms with van der Waals surface area (Å²) >= 11 is 0. The maximum absolute atomic E-state index is 11.4. The van der Waals surface area contributed by atoms with Crippen molar-refractivity contribution in [3.63, 3.8) is 0 Å². The van der Waals surface area contributed by atoms with Gasteiger partial charge in [-0.15, -0.1) is 0 Å². The Morgan fingerprint density at radius 1 is 1.19 bits per heavy atom. The monoisotopic (exact) mass is 295 g/mol. The van der Waals surface area contributed by atoms with Crippen molar-refractivity contribution >= 4 is 5.97 Å². The molecule has 3 aliphatic rings. The molecular formula is C17H29NO3. The second-order valence-electron chi connectivity index (χ2n) is 7.50. The van der Waals surface area contributed by atoms with Crippen molar-refractivity contribution in [1.29, 1.82) is 0 Å². The van der Waals surface area contributed by atoms with Crippen LogP contribution in [0.5, 0.6) is 0 Å². The highest BCUT2D eigenvalue weighted by Crippen LogP contribution is 2.46. The Hall–Kier alpha value is -0.610. The lowest BCUT2D eigenvalue weighted by Gasteiger charge is -2.54. The van der Waals surface area contributed by atoms with Crippen molar-refractivity contribution in [1.82, 2.24) is 4.90 Å². The lowest BCUT2D eigenvalue weighted by molar-refractivity contribution is -0.161. The van der Waals surface area contributed by atoms with Crippen LogP contribution in [-0.4, -0.2) is 46.8 Å². The zero-order chi connectivity index (χ0) is 14.9. The number of ether oxygens (including phenoxy) is 1. The first-order valence-electron chi connectivity index (χ1n) is 8.64. The van der Waals surface area contributed by atoms with E-state index in [9.17, 15) is 9.90 Å². The van der Waals surface area contributed by atoms with Crippen LogP contribution in [0.1, 0.15) is 70.6 Å². The summed E-state index contributed by atoms with van der Waals surface area (Å²) in [4.78, 5) is 13.9. The molecule has 0 aromatic carbocycles. The molecule has 2 aliphatic carbocycles. The fourth-order valence-corrected chi connectivity index (χ4v) is 4.78. The average Bonchev–Trinajstić information content (AvgIpc) is 2.45. The Morgan fingerprint density at radius 2 is 1.90 bits per heavy atom. The van der Waals surface area contributed by atoms with Crippen LogP contribution in [0.15, 0.2) is 0 Å². The van der Waals surface area contributed by atoms with Crippen molar-refractivity contribution in [3.8, 4) is 0 Å². The van der Waals surface area contributed by atoms with E-state index in [0.717, 1.165) is 32.3 Å². The highest BCUT2D eigenvalue weighted by molar-refractivity contribution is 5.68. The van der Waals surface area contributed by atoms with Crippen molar-refractivity contribution in [2.75, 3.05) is 13.7 Å². The lowest BCUT2D eigenvalue weighted by Crippen LogP contribution is -2.58. The first-order chi connectivity index (χ1) is 10.1. The number of hydrogen-bond acceptors (Lipinski definition) is 3. The molecule has 4 nitrogen and oxygen atoms in total. The van der Waals surface area contributed by atoms with Gasteiger partial charge in [-0.05, 0) is 52.0 Å². The summed E-state index contributed by atoms with van der Waals surface area (Å²) in [7, 11) is 2.18. The van der Waals surface area contributed by atoms with E-state index in [2.05, 4.69) is 11.9 Å². The van der Waals surface area contributed by atoms with Gasteiger partial charge in [0.25, 0.3) is 0 Å². The van der Waals surface area contributed by atoms with Crippen molar-refractivity contribution in [2.45, 2.75) is 87.8 Å². The molecule has 120 valence electrons. The molecule has 21 heavy (non-hydrogen) atoms. The maximum Gasteiger partial charge on any atom is 0.305 e. The Kier molecular flexibility index (Phi) is 4.28. The summed E-state index contributed by atoms with van der Waals surface area (Å²) in [6, 6.07) is 0.497. The van der Waals surface area contributed by atoms with Gasteiger partial charge in [0, 0.05) is 18.2 Å². The van der Waals surface area contributed by atoms with E-state index in [1.165, 1.54) is 38.5 Å². The van der Waals surface area contributed by atoms with Gasteiger partial charge in [-0.3, -0.25) is 9.69 Å². The van der Waals surface area contributed by atoms with Gasteiger partial charge in [0.15, 0.2) is 0 Å². The lowest BCUT2D eigenvalue weighted by atomic mass is 9.71. The summed E-state index contributed by atoms with van der Waals surface area (Å²) in [5, 5.41) is 9.39. The molecule has 1 unspecified atom stereocenters. The fourth-order valence-electron chi connectivity index (χ4n) is 4.78. The second kappa shape index (κ2) is 5.88. The zero-order valence-corrected chi connectivity index (χ0v) is 13.3. The number of hydrogen-bond donors (Lipinski definition) is 1. The van der Waals surface area contributed by atoms with E-state index in [0.29, 0.717) is 12.5 Å². The molecule has 0 radical (unpaired) electrons. The van der Waals surface area contributed by atoms with E-state index in [1.807, 2.05) is 0 Å². The van der Waals surface area contributed by atoms with Crippen molar-refractivity contribution < 1.29 is 14.6 Å². The smallest absolute Gasteiger partial charge is 0.305 e. The minimum atomic E-state index is -0.644. The number of aliphatic carboxylic acids is 1. The molecule has 1 spiro atoms. The number of carboxylic acids is 1. The van der Waals surface area contributed by atoms with Crippen LogP contribution in [-0.2, 0) is 9.53 Å². The van der Waals surface area contributed by atoms with Gasteiger partial charge in [-0.25, -0.2) is 0 Å². The summed E-state index contributed by atoms with van der Waals surface area (Å²) < 4.78 is 6.04. The number of rotatable bonds is 4.